The number of nitrogens with one attached hydrogen (secondary N) is 2. The zero-order valence-corrected chi connectivity index (χ0v) is 13.4. The molecule has 2 amide bonds. The van der Waals surface area contributed by atoms with E-state index in [1.54, 1.807) is 13.0 Å². The van der Waals surface area contributed by atoms with Crippen molar-refractivity contribution >= 4 is 11.8 Å². The number of ether oxygens (including phenoxy) is 2. The Balaban J connectivity index is 1.58. The second kappa shape index (κ2) is 6.66. The van der Waals surface area contributed by atoms with Crippen LogP contribution in [0.1, 0.15) is 36.0 Å². The quantitative estimate of drug-likeness (QED) is 0.875. The SMILES string of the molecule is CC(NC(=O)c1ccco1)C(=O)NC(C)c1ccc2c(c1)OCO2. The van der Waals surface area contributed by atoms with E-state index in [0.717, 1.165) is 5.56 Å². The van der Waals surface area contributed by atoms with Crippen molar-refractivity contribution in [2.75, 3.05) is 6.79 Å². The molecule has 24 heavy (non-hydrogen) atoms. The summed E-state index contributed by atoms with van der Waals surface area (Å²) in [6.45, 7) is 3.68. The van der Waals surface area contributed by atoms with Crippen molar-refractivity contribution in [1.29, 1.82) is 0 Å². The van der Waals surface area contributed by atoms with E-state index in [1.165, 1.54) is 12.3 Å². The van der Waals surface area contributed by atoms with Crippen LogP contribution in [-0.2, 0) is 4.79 Å². The normalized spacial score (nSPS) is 14.8. The molecule has 0 saturated carbocycles. The van der Waals surface area contributed by atoms with Gasteiger partial charge in [-0.2, -0.15) is 0 Å². The fraction of sp³-hybridized carbons (Fsp3) is 0.294. The number of carbonyl (C=O) groups is 2. The number of amides is 2. The van der Waals surface area contributed by atoms with Crippen LogP contribution in [0.5, 0.6) is 11.5 Å². The Morgan fingerprint density at radius 2 is 1.88 bits per heavy atom. The maximum atomic E-state index is 12.3. The van der Waals surface area contributed by atoms with Crippen molar-refractivity contribution in [3.63, 3.8) is 0 Å². The molecule has 2 unspecified atom stereocenters. The van der Waals surface area contributed by atoms with Gasteiger partial charge in [0.15, 0.2) is 17.3 Å². The monoisotopic (exact) mass is 330 g/mol. The number of carbonyl (C=O) groups excluding carboxylic acids is 2. The van der Waals surface area contributed by atoms with E-state index >= 15 is 0 Å². The molecule has 1 aliphatic heterocycles. The van der Waals surface area contributed by atoms with Crippen LogP contribution >= 0.6 is 0 Å². The molecular weight excluding hydrogens is 312 g/mol. The van der Waals surface area contributed by atoms with Crippen molar-refractivity contribution in [1.82, 2.24) is 10.6 Å². The van der Waals surface area contributed by atoms with Gasteiger partial charge in [-0.25, -0.2) is 0 Å². The molecule has 1 aromatic carbocycles. The third kappa shape index (κ3) is 3.34. The Kier molecular flexibility index (Phi) is 4.41. The van der Waals surface area contributed by atoms with Crippen LogP contribution in [0, 0.1) is 0 Å². The maximum absolute atomic E-state index is 12.3. The lowest BCUT2D eigenvalue weighted by Gasteiger charge is -2.18. The summed E-state index contributed by atoms with van der Waals surface area (Å²) in [5.41, 5.74) is 0.886. The van der Waals surface area contributed by atoms with Gasteiger partial charge < -0.3 is 24.5 Å². The van der Waals surface area contributed by atoms with Crippen molar-refractivity contribution < 1.29 is 23.5 Å². The van der Waals surface area contributed by atoms with E-state index in [9.17, 15) is 9.59 Å². The highest BCUT2D eigenvalue weighted by Gasteiger charge is 2.21. The maximum Gasteiger partial charge on any atom is 0.287 e. The van der Waals surface area contributed by atoms with Crippen LogP contribution in [-0.4, -0.2) is 24.6 Å². The largest absolute Gasteiger partial charge is 0.459 e. The first kappa shape index (κ1) is 15.9. The Labute approximate surface area is 138 Å². The van der Waals surface area contributed by atoms with Gasteiger partial charge in [0.1, 0.15) is 6.04 Å². The third-order valence-electron chi connectivity index (χ3n) is 3.74. The number of furan rings is 1. The summed E-state index contributed by atoms with van der Waals surface area (Å²) in [5.74, 6) is 0.793. The Hall–Kier alpha value is -2.96. The first-order valence-corrected chi connectivity index (χ1v) is 7.59. The molecule has 0 fully saturated rings. The highest BCUT2D eigenvalue weighted by atomic mass is 16.7. The van der Waals surface area contributed by atoms with Gasteiger partial charge >= 0.3 is 0 Å². The topological polar surface area (TPSA) is 89.8 Å². The molecule has 0 spiro atoms. The molecule has 7 nitrogen and oxygen atoms in total. The van der Waals surface area contributed by atoms with E-state index in [0.29, 0.717) is 11.5 Å². The minimum Gasteiger partial charge on any atom is -0.459 e. The van der Waals surface area contributed by atoms with Crippen LogP contribution in [0.2, 0.25) is 0 Å². The fourth-order valence-electron chi connectivity index (χ4n) is 2.35. The molecule has 2 heterocycles. The number of hydrogen-bond donors (Lipinski definition) is 2. The molecule has 7 heteroatoms. The number of hydrogen-bond acceptors (Lipinski definition) is 5. The Morgan fingerprint density at radius 3 is 2.62 bits per heavy atom. The lowest BCUT2D eigenvalue weighted by atomic mass is 10.1. The summed E-state index contributed by atoms with van der Waals surface area (Å²) in [6.07, 6.45) is 1.40. The number of benzene rings is 1. The second-order valence-corrected chi connectivity index (χ2v) is 5.52. The zero-order chi connectivity index (χ0) is 17.1. The first-order chi connectivity index (χ1) is 11.5. The molecule has 0 radical (unpaired) electrons. The molecule has 126 valence electrons. The van der Waals surface area contributed by atoms with Crippen LogP contribution in [0.15, 0.2) is 41.0 Å². The summed E-state index contributed by atoms with van der Waals surface area (Å²) in [7, 11) is 0. The van der Waals surface area contributed by atoms with Crippen molar-refractivity contribution in [3.05, 3.63) is 47.9 Å². The zero-order valence-electron chi connectivity index (χ0n) is 13.4. The molecule has 2 atom stereocenters. The van der Waals surface area contributed by atoms with Gasteiger partial charge in [-0.05, 0) is 43.7 Å². The average molecular weight is 330 g/mol. The summed E-state index contributed by atoms with van der Waals surface area (Å²) in [4.78, 5) is 24.1. The van der Waals surface area contributed by atoms with Crippen LogP contribution in [0.25, 0.3) is 0 Å². The molecule has 2 N–H and O–H groups in total. The molecule has 0 bridgehead atoms. The molecule has 0 saturated heterocycles. The highest BCUT2D eigenvalue weighted by molar-refractivity contribution is 5.95. The predicted molar refractivity (Wildman–Crippen MR) is 84.8 cm³/mol. The van der Waals surface area contributed by atoms with E-state index < -0.39 is 11.9 Å². The van der Waals surface area contributed by atoms with Gasteiger partial charge in [0.05, 0.1) is 12.3 Å². The number of fused-ring (bicyclic) bond motifs is 1. The minimum absolute atomic E-state index is 0.165. The lowest BCUT2D eigenvalue weighted by molar-refractivity contribution is -0.123. The lowest BCUT2D eigenvalue weighted by Crippen LogP contribution is -2.45. The van der Waals surface area contributed by atoms with Gasteiger partial charge in [0.25, 0.3) is 5.91 Å². The van der Waals surface area contributed by atoms with Crippen molar-refractivity contribution in [2.24, 2.45) is 0 Å². The molecule has 2 aromatic rings. The third-order valence-corrected chi connectivity index (χ3v) is 3.74. The van der Waals surface area contributed by atoms with Crippen LogP contribution in [0.4, 0.5) is 0 Å². The summed E-state index contributed by atoms with van der Waals surface area (Å²) in [6, 6.07) is 7.72. The molecule has 1 aromatic heterocycles. The van der Waals surface area contributed by atoms with E-state index in [1.807, 2.05) is 25.1 Å². The van der Waals surface area contributed by atoms with E-state index in [-0.39, 0.29) is 24.5 Å². The summed E-state index contributed by atoms with van der Waals surface area (Å²) in [5, 5.41) is 5.45. The average Bonchev–Trinajstić information content (AvgIpc) is 3.25. The molecule has 1 aliphatic rings. The van der Waals surface area contributed by atoms with E-state index in [4.69, 9.17) is 13.9 Å². The molecule has 3 rings (SSSR count). The van der Waals surface area contributed by atoms with Gasteiger partial charge in [0, 0.05) is 0 Å². The Bertz CT molecular complexity index is 741. The molecule has 0 aliphatic carbocycles. The Morgan fingerprint density at radius 1 is 1.08 bits per heavy atom. The van der Waals surface area contributed by atoms with Crippen molar-refractivity contribution in [2.45, 2.75) is 25.9 Å². The van der Waals surface area contributed by atoms with Gasteiger partial charge in [0.2, 0.25) is 12.7 Å². The first-order valence-electron chi connectivity index (χ1n) is 7.59. The predicted octanol–water partition coefficient (Wildman–Crippen LogP) is 2.00. The van der Waals surface area contributed by atoms with Crippen LogP contribution < -0.4 is 20.1 Å². The summed E-state index contributed by atoms with van der Waals surface area (Å²) < 4.78 is 15.6. The molecular formula is C17H18N2O5. The van der Waals surface area contributed by atoms with Gasteiger partial charge in [-0.1, -0.05) is 6.07 Å². The fourth-order valence-corrected chi connectivity index (χ4v) is 2.35. The smallest absolute Gasteiger partial charge is 0.287 e. The summed E-state index contributed by atoms with van der Waals surface area (Å²) >= 11 is 0. The van der Waals surface area contributed by atoms with Crippen LogP contribution in [0.3, 0.4) is 0 Å². The number of rotatable bonds is 5. The standard InChI is InChI=1S/C17H18N2O5/c1-10(12-5-6-13-15(8-12)24-9-23-13)18-16(20)11(2)19-17(21)14-4-3-7-22-14/h3-8,10-11H,9H2,1-2H3,(H,18,20)(H,19,21). The highest BCUT2D eigenvalue weighted by Crippen LogP contribution is 2.34. The van der Waals surface area contributed by atoms with Crippen molar-refractivity contribution in [3.8, 4) is 11.5 Å². The second-order valence-electron chi connectivity index (χ2n) is 5.52. The van der Waals surface area contributed by atoms with Gasteiger partial charge in [-0.15, -0.1) is 0 Å². The minimum atomic E-state index is -0.695. The van der Waals surface area contributed by atoms with Gasteiger partial charge in [-0.3, -0.25) is 9.59 Å². The van der Waals surface area contributed by atoms with E-state index in [2.05, 4.69) is 10.6 Å².